The van der Waals surface area contributed by atoms with Crippen LogP contribution in [-0.4, -0.2) is 28.0 Å². The fraction of sp³-hybridized carbons (Fsp3) is 0.444. The quantitative estimate of drug-likeness (QED) is 0.623. The smallest absolute Gasteiger partial charge is 0.295 e. The summed E-state index contributed by atoms with van der Waals surface area (Å²) in [6.45, 7) is 11.0. The molecule has 0 aliphatic rings. The Morgan fingerprint density at radius 3 is 2.46 bits per heavy atom. The van der Waals surface area contributed by atoms with Crippen molar-refractivity contribution < 1.29 is 13.2 Å². The second-order valence-electron chi connectivity index (χ2n) is 5.33. The van der Waals surface area contributed by atoms with E-state index >= 15 is 0 Å². The Morgan fingerprint density at radius 2 is 1.88 bits per heavy atom. The number of thiophene rings is 1. The number of aromatic nitrogens is 2. The maximum Gasteiger partial charge on any atom is 0.295 e. The summed E-state index contributed by atoms with van der Waals surface area (Å²) in [6.07, 6.45) is -2.66. The molecule has 8 heteroatoms. The summed E-state index contributed by atoms with van der Waals surface area (Å²) >= 11 is 1.53. The van der Waals surface area contributed by atoms with Crippen LogP contribution in [0, 0.1) is 0 Å². The van der Waals surface area contributed by atoms with E-state index in [1.54, 1.807) is 0 Å². The summed E-state index contributed by atoms with van der Waals surface area (Å²) in [5.74, 6) is 0.341. The first-order valence-electron chi connectivity index (χ1n) is 8.68. The summed E-state index contributed by atoms with van der Waals surface area (Å²) in [6, 6.07) is 4.65. The number of nitrogens with zero attached hydrogens (tertiary/aromatic N) is 3. The minimum atomic E-state index is -2.66. The van der Waals surface area contributed by atoms with Crippen LogP contribution in [-0.2, 0) is 6.54 Å². The Bertz CT molecular complexity index is 843. The molecule has 3 heterocycles. The van der Waals surface area contributed by atoms with E-state index in [4.69, 9.17) is 10.2 Å². The average molecular weight is 382 g/mol. The molecule has 0 atom stereocenters. The summed E-state index contributed by atoms with van der Waals surface area (Å²) in [5.41, 5.74) is 6.02. The van der Waals surface area contributed by atoms with Crippen LogP contribution >= 0.6 is 11.3 Å². The first kappa shape index (κ1) is 20.3. The number of fused-ring (bicyclic) bond motifs is 1. The number of nitrogen functional groups attached to an aromatic ring is 1. The van der Waals surface area contributed by atoms with E-state index < -0.39 is 12.2 Å². The van der Waals surface area contributed by atoms with Gasteiger partial charge >= 0.3 is 0 Å². The van der Waals surface area contributed by atoms with E-state index in [1.165, 1.54) is 23.5 Å². The van der Waals surface area contributed by atoms with E-state index in [1.807, 2.05) is 19.9 Å². The average Bonchev–Trinajstić information content (AvgIpc) is 3.28. The monoisotopic (exact) mass is 382 g/mol. The van der Waals surface area contributed by atoms with Crippen LogP contribution < -0.4 is 5.73 Å². The fourth-order valence-electron chi connectivity index (χ4n) is 2.44. The van der Waals surface area contributed by atoms with Crippen molar-refractivity contribution in [1.29, 1.82) is 0 Å². The van der Waals surface area contributed by atoms with Crippen LogP contribution in [0.5, 0.6) is 0 Å². The van der Waals surface area contributed by atoms with Crippen LogP contribution in [0.25, 0.3) is 21.8 Å². The van der Waals surface area contributed by atoms with Crippen LogP contribution in [0.1, 0.15) is 44.8 Å². The highest BCUT2D eigenvalue weighted by Crippen LogP contribution is 2.32. The molecule has 142 valence electrons. The predicted octanol–water partition coefficient (Wildman–Crippen LogP) is 5.34. The van der Waals surface area contributed by atoms with Crippen molar-refractivity contribution in [1.82, 2.24) is 14.9 Å². The lowest BCUT2D eigenvalue weighted by Gasteiger charge is -2.16. The predicted molar refractivity (Wildman–Crippen MR) is 102 cm³/mol. The SMILES string of the molecule is CC.CCN(CC)Cc1cc2c(N)nc(-c3ccc(C(F)F)o3)nc2s1. The number of furan rings is 1. The van der Waals surface area contributed by atoms with E-state index in [-0.39, 0.29) is 11.6 Å². The number of hydrogen-bond acceptors (Lipinski definition) is 6. The molecular weight excluding hydrogens is 358 g/mol. The molecule has 0 saturated heterocycles. The Labute approximate surface area is 155 Å². The number of rotatable bonds is 6. The van der Waals surface area contributed by atoms with Gasteiger partial charge in [-0.2, -0.15) is 0 Å². The van der Waals surface area contributed by atoms with E-state index in [0.29, 0.717) is 5.82 Å². The third kappa shape index (κ3) is 4.37. The lowest BCUT2D eigenvalue weighted by atomic mass is 10.3. The largest absolute Gasteiger partial charge is 0.452 e. The highest BCUT2D eigenvalue weighted by molar-refractivity contribution is 7.18. The van der Waals surface area contributed by atoms with Crippen LogP contribution in [0.4, 0.5) is 14.6 Å². The zero-order chi connectivity index (χ0) is 19.3. The van der Waals surface area contributed by atoms with E-state index in [0.717, 1.165) is 34.7 Å². The molecule has 0 fully saturated rings. The topological polar surface area (TPSA) is 68.2 Å². The lowest BCUT2D eigenvalue weighted by molar-refractivity contribution is 0.122. The molecule has 0 aliphatic heterocycles. The van der Waals surface area contributed by atoms with Gasteiger partial charge in [-0.1, -0.05) is 27.7 Å². The molecular formula is C18H24F2N4OS. The number of alkyl halides is 2. The third-order valence-electron chi connectivity index (χ3n) is 3.81. The molecule has 3 aromatic rings. The molecule has 0 bridgehead atoms. The molecule has 0 saturated carbocycles. The highest BCUT2D eigenvalue weighted by Gasteiger charge is 2.17. The van der Waals surface area contributed by atoms with Gasteiger partial charge < -0.3 is 10.2 Å². The van der Waals surface area contributed by atoms with Gasteiger partial charge in [-0.15, -0.1) is 11.3 Å². The molecule has 0 unspecified atom stereocenters. The normalized spacial score (nSPS) is 11.2. The summed E-state index contributed by atoms with van der Waals surface area (Å²) in [4.78, 5) is 12.8. The highest BCUT2D eigenvalue weighted by atomic mass is 32.1. The molecule has 2 N–H and O–H groups in total. The van der Waals surface area contributed by atoms with Crippen LogP contribution in [0.15, 0.2) is 22.6 Å². The molecule has 0 aromatic carbocycles. The molecule has 0 spiro atoms. The minimum Gasteiger partial charge on any atom is -0.452 e. The van der Waals surface area contributed by atoms with Gasteiger partial charge in [-0.05, 0) is 31.3 Å². The van der Waals surface area contributed by atoms with Gasteiger partial charge in [-0.3, -0.25) is 4.90 Å². The fourth-order valence-corrected chi connectivity index (χ4v) is 3.52. The van der Waals surface area contributed by atoms with Crippen LogP contribution in [0.2, 0.25) is 0 Å². The minimum absolute atomic E-state index is 0.192. The van der Waals surface area contributed by atoms with Gasteiger partial charge in [0.1, 0.15) is 10.6 Å². The van der Waals surface area contributed by atoms with Gasteiger partial charge in [0, 0.05) is 11.4 Å². The first-order valence-corrected chi connectivity index (χ1v) is 9.50. The van der Waals surface area contributed by atoms with E-state index in [2.05, 4.69) is 28.7 Å². The van der Waals surface area contributed by atoms with Crippen molar-refractivity contribution in [2.75, 3.05) is 18.8 Å². The van der Waals surface area contributed by atoms with Gasteiger partial charge in [0.2, 0.25) is 0 Å². The van der Waals surface area contributed by atoms with Crippen molar-refractivity contribution in [2.24, 2.45) is 0 Å². The maximum atomic E-state index is 12.7. The van der Waals surface area contributed by atoms with Gasteiger partial charge in [0.05, 0.1) is 5.39 Å². The lowest BCUT2D eigenvalue weighted by Crippen LogP contribution is -2.21. The zero-order valence-corrected chi connectivity index (χ0v) is 16.2. The maximum absolute atomic E-state index is 12.7. The molecule has 3 rings (SSSR count). The molecule has 3 aromatic heterocycles. The summed E-state index contributed by atoms with van der Waals surface area (Å²) in [7, 11) is 0. The number of anilines is 1. The molecule has 26 heavy (non-hydrogen) atoms. The Hall–Kier alpha value is -2.06. The number of hydrogen-bond donors (Lipinski definition) is 1. The second-order valence-corrected chi connectivity index (χ2v) is 6.44. The van der Waals surface area contributed by atoms with E-state index in [9.17, 15) is 8.78 Å². The van der Waals surface area contributed by atoms with Crippen LogP contribution in [0.3, 0.4) is 0 Å². The second kappa shape index (κ2) is 9.05. The van der Waals surface area contributed by atoms with Crippen molar-refractivity contribution in [3.05, 3.63) is 28.8 Å². The molecule has 0 radical (unpaired) electrons. The standard InChI is InChI=1S/C16H18F2N4OS.C2H6/c1-3-22(4-2)8-9-7-10-14(19)20-15(21-16(10)24-9)12-6-5-11(23-12)13(17)18;1-2/h5-7,13H,3-4,8H2,1-2H3,(H2,19,20,21);1-2H3. The zero-order valence-electron chi connectivity index (χ0n) is 15.4. The summed E-state index contributed by atoms with van der Waals surface area (Å²) < 4.78 is 30.4. The van der Waals surface area contributed by atoms with Crippen molar-refractivity contribution in [3.8, 4) is 11.6 Å². The number of nitrogens with two attached hydrogens (primary N) is 1. The summed E-state index contributed by atoms with van der Waals surface area (Å²) in [5, 5.41) is 0.784. The van der Waals surface area contributed by atoms with Gasteiger partial charge in [0.15, 0.2) is 17.3 Å². The molecule has 0 aliphatic carbocycles. The van der Waals surface area contributed by atoms with Gasteiger partial charge in [0.25, 0.3) is 6.43 Å². The Kier molecular flexibility index (Phi) is 7.05. The van der Waals surface area contributed by atoms with Crippen molar-refractivity contribution >= 4 is 27.4 Å². The molecule has 0 amide bonds. The third-order valence-corrected chi connectivity index (χ3v) is 4.82. The van der Waals surface area contributed by atoms with Crippen molar-refractivity contribution in [3.63, 3.8) is 0 Å². The van der Waals surface area contributed by atoms with Gasteiger partial charge in [-0.25, -0.2) is 18.7 Å². The Morgan fingerprint density at radius 1 is 1.19 bits per heavy atom. The molecule has 5 nitrogen and oxygen atoms in total. The first-order chi connectivity index (χ1) is 12.5. The number of halogens is 2. The van der Waals surface area contributed by atoms with Crippen molar-refractivity contribution in [2.45, 2.75) is 40.7 Å². The Balaban J connectivity index is 0.00000117.